The summed E-state index contributed by atoms with van der Waals surface area (Å²) >= 11 is 0. The number of methoxy groups -OCH3 is 1. The van der Waals surface area contributed by atoms with Gasteiger partial charge in [-0.05, 0) is 71.6 Å². The number of carbonyl (C=O) groups excluding carboxylic acids is 2. The maximum Gasteiger partial charge on any atom is 0.305 e. The lowest BCUT2D eigenvalue weighted by atomic mass is 10.0. The van der Waals surface area contributed by atoms with Crippen LogP contribution in [0.1, 0.15) is 22.3 Å². The molecule has 4 aromatic rings. The Morgan fingerprint density at radius 3 is 1.79 bits per heavy atom. The number of rotatable bonds is 8. The molecule has 0 radical (unpaired) electrons. The van der Waals surface area contributed by atoms with Gasteiger partial charge in [-0.15, -0.1) is 0 Å². The molecule has 0 saturated carbocycles. The quantitative estimate of drug-likeness (QED) is 0.227. The second kappa shape index (κ2) is 10.4. The first kappa shape index (κ1) is 22.0. The van der Waals surface area contributed by atoms with Crippen molar-refractivity contribution in [3.05, 3.63) is 114 Å². The van der Waals surface area contributed by atoms with E-state index in [9.17, 15) is 9.59 Å². The number of anilines is 3. The van der Waals surface area contributed by atoms with Gasteiger partial charge in [0.15, 0.2) is 0 Å². The number of hydrogen-bond acceptors (Lipinski definition) is 4. The summed E-state index contributed by atoms with van der Waals surface area (Å²) in [5.74, 6) is -0.213. The summed E-state index contributed by atoms with van der Waals surface area (Å²) in [4.78, 5) is 24.7. The molecule has 0 aliphatic rings. The maximum absolute atomic E-state index is 11.5. The first-order valence-corrected chi connectivity index (χ1v) is 10.8. The van der Waals surface area contributed by atoms with Crippen LogP contribution in [0, 0.1) is 0 Å². The third kappa shape index (κ3) is 5.36. The van der Waals surface area contributed by atoms with Crippen LogP contribution in [0.25, 0.3) is 11.1 Å². The van der Waals surface area contributed by atoms with E-state index in [4.69, 9.17) is 4.74 Å². The maximum atomic E-state index is 11.5. The zero-order chi connectivity index (χ0) is 23.0. The van der Waals surface area contributed by atoms with E-state index in [0.29, 0.717) is 18.4 Å². The molecule has 4 rings (SSSR count). The molecule has 0 aliphatic heterocycles. The van der Waals surface area contributed by atoms with Crippen LogP contribution in [0.2, 0.25) is 0 Å². The summed E-state index contributed by atoms with van der Waals surface area (Å²) < 4.78 is 4.74. The molecule has 0 atom stereocenters. The molecular weight excluding hydrogens is 410 g/mol. The molecule has 0 amide bonds. The Morgan fingerprint density at radius 1 is 0.727 bits per heavy atom. The third-order valence-corrected chi connectivity index (χ3v) is 5.56. The average molecular weight is 436 g/mol. The van der Waals surface area contributed by atoms with Crippen molar-refractivity contribution in [2.45, 2.75) is 12.8 Å². The SMILES string of the molecule is COC(=O)CCc1ccc(N(c2ccc(C=O)cc2)c2ccc(-c3ccccc3)cc2)cc1. The van der Waals surface area contributed by atoms with Gasteiger partial charge in [0.25, 0.3) is 0 Å². The summed E-state index contributed by atoms with van der Waals surface area (Å²) in [6.07, 6.45) is 1.83. The number of ether oxygens (including phenoxy) is 1. The molecule has 0 aromatic heterocycles. The van der Waals surface area contributed by atoms with E-state index in [1.165, 1.54) is 12.7 Å². The van der Waals surface area contributed by atoms with Gasteiger partial charge in [-0.3, -0.25) is 9.59 Å². The van der Waals surface area contributed by atoms with Gasteiger partial charge in [0.1, 0.15) is 6.29 Å². The predicted molar refractivity (Wildman–Crippen MR) is 132 cm³/mol. The molecule has 4 heteroatoms. The summed E-state index contributed by atoms with van der Waals surface area (Å²) in [6.45, 7) is 0. The van der Waals surface area contributed by atoms with E-state index in [1.54, 1.807) is 0 Å². The molecule has 0 bridgehead atoms. The van der Waals surface area contributed by atoms with Crippen molar-refractivity contribution >= 4 is 29.3 Å². The number of carbonyl (C=O) groups is 2. The van der Waals surface area contributed by atoms with Gasteiger partial charge in [-0.1, -0.05) is 54.6 Å². The van der Waals surface area contributed by atoms with Gasteiger partial charge in [-0.2, -0.15) is 0 Å². The first-order chi connectivity index (χ1) is 16.2. The van der Waals surface area contributed by atoms with Crippen molar-refractivity contribution in [3.63, 3.8) is 0 Å². The highest BCUT2D eigenvalue weighted by Gasteiger charge is 2.13. The largest absolute Gasteiger partial charge is 0.469 e. The molecule has 0 unspecified atom stereocenters. The number of aldehydes is 1. The molecule has 33 heavy (non-hydrogen) atoms. The summed E-state index contributed by atoms with van der Waals surface area (Å²) in [5.41, 5.74) is 6.97. The van der Waals surface area contributed by atoms with Crippen LogP contribution in [0.15, 0.2) is 103 Å². The van der Waals surface area contributed by atoms with Crippen molar-refractivity contribution in [1.82, 2.24) is 0 Å². The minimum Gasteiger partial charge on any atom is -0.469 e. The normalized spacial score (nSPS) is 10.5. The van der Waals surface area contributed by atoms with Crippen LogP contribution in [-0.4, -0.2) is 19.4 Å². The van der Waals surface area contributed by atoms with E-state index >= 15 is 0 Å². The lowest BCUT2D eigenvalue weighted by molar-refractivity contribution is -0.140. The van der Waals surface area contributed by atoms with Gasteiger partial charge in [0, 0.05) is 29.0 Å². The summed E-state index contributed by atoms with van der Waals surface area (Å²) in [5, 5.41) is 0. The topological polar surface area (TPSA) is 46.6 Å². The summed E-state index contributed by atoms with van der Waals surface area (Å²) in [6, 6.07) is 34.4. The highest BCUT2D eigenvalue weighted by molar-refractivity contribution is 5.81. The summed E-state index contributed by atoms with van der Waals surface area (Å²) in [7, 11) is 1.41. The first-order valence-electron chi connectivity index (χ1n) is 10.8. The second-order valence-electron chi connectivity index (χ2n) is 7.70. The fourth-order valence-corrected chi connectivity index (χ4v) is 3.74. The van der Waals surface area contributed by atoms with E-state index in [-0.39, 0.29) is 5.97 Å². The van der Waals surface area contributed by atoms with Crippen LogP contribution < -0.4 is 4.90 Å². The van der Waals surface area contributed by atoms with Gasteiger partial charge >= 0.3 is 5.97 Å². The molecule has 164 valence electrons. The van der Waals surface area contributed by atoms with Gasteiger partial charge < -0.3 is 9.64 Å². The minimum absolute atomic E-state index is 0.213. The van der Waals surface area contributed by atoms with Gasteiger partial charge in [0.2, 0.25) is 0 Å². The Labute approximate surface area is 194 Å². The van der Waals surface area contributed by atoms with Crippen molar-refractivity contribution in [2.24, 2.45) is 0 Å². The van der Waals surface area contributed by atoms with Crippen molar-refractivity contribution in [3.8, 4) is 11.1 Å². The Hall–Kier alpha value is -4.18. The standard InChI is InChI=1S/C29H25NO3/c1-33-29(32)20-11-22-7-14-26(15-8-22)30(27-16-9-23(21-31)10-17-27)28-18-12-25(13-19-28)24-5-3-2-4-6-24/h2-10,12-19,21H,11,20H2,1H3. The van der Waals surface area contributed by atoms with Crippen LogP contribution in [0.5, 0.6) is 0 Å². The molecule has 0 saturated heterocycles. The van der Waals surface area contributed by atoms with Gasteiger partial charge in [0.05, 0.1) is 7.11 Å². The van der Waals surface area contributed by atoms with Crippen molar-refractivity contribution in [1.29, 1.82) is 0 Å². The van der Waals surface area contributed by atoms with Crippen LogP contribution in [0.3, 0.4) is 0 Å². The Bertz CT molecular complexity index is 1200. The molecule has 0 aliphatic carbocycles. The van der Waals surface area contributed by atoms with Gasteiger partial charge in [-0.25, -0.2) is 0 Å². The zero-order valence-corrected chi connectivity index (χ0v) is 18.5. The third-order valence-electron chi connectivity index (χ3n) is 5.56. The molecule has 0 fully saturated rings. The molecule has 0 spiro atoms. The van der Waals surface area contributed by atoms with Crippen LogP contribution in [-0.2, 0) is 16.0 Å². The number of aryl methyl sites for hydroxylation is 1. The Morgan fingerprint density at radius 2 is 1.24 bits per heavy atom. The highest BCUT2D eigenvalue weighted by Crippen LogP contribution is 2.35. The average Bonchev–Trinajstić information content (AvgIpc) is 2.89. The van der Waals surface area contributed by atoms with Crippen LogP contribution >= 0.6 is 0 Å². The lowest BCUT2D eigenvalue weighted by Gasteiger charge is -2.26. The number of esters is 1. The molecule has 4 aromatic carbocycles. The monoisotopic (exact) mass is 435 g/mol. The van der Waals surface area contributed by atoms with E-state index in [2.05, 4.69) is 41.3 Å². The molecule has 0 heterocycles. The smallest absolute Gasteiger partial charge is 0.305 e. The van der Waals surface area contributed by atoms with E-state index < -0.39 is 0 Å². The van der Waals surface area contributed by atoms with Crippen LogP contribution in [0.4, 0.5) is 17.1 Å². The fraction of sp³-hybridized carbons (Fsp3) is 0.103. The van der Waals surface area contributed by atoms with Crippen molar-refractivity contribution < 1.29 is 14.3 Å². The fourth-order valence-electron chi connectivity index (χ4n) is 3.74. The number of benzene rings is 4. The molecule has 0 N–H and O–H groups in total. The number of nitrogens with zero attached hydrogens (tertiary/aromatic N) is 1. The molecule has 4 nitrogen and oxygen atoms in total. The van der Waals surface area contributed by atoms with E-state index in [1.807, 2.05) is 66.7 Å². The highest BCUT2D eigenvalue weighted by atomic mass is 16.5. The lowest BCUT2D eigenvalue weighted by Crippen LogP contribution is -2.10. The Balaban J connectivity index is 1.66. The Kier molecular flexibility index (Phi) is 6.96. The van der Waals surface area contributed by atoms with E-state index in [0.717, 1.165) is 34.5 Å². The zero-order valence-electron chi connectivity index (χ0n) is 18.5. The van der Waals surface area contributed by atoms with Crippen molar-refractivity contribution in [2.75, 3.05) is 12.0 Å². The molecular formula is C29H25NO3. The predicted octanol–water partition coefficient (Wildman–Crippen LogP) is 6.74. The minimum atomic E-state index is -0.213. The number of hydrogen-bond donors (Lipinski definition) is 0. The second-order valence-corrected chi connectivity index (χ2v) is 7.70.